The van der Waals surface area contributed by atoms with E-state index in [0.717, 1.165) is 23.8 Å². The number of aromatic nitrogens is 2. The van der Waals surface area contributed by atoms with Gasteiger partial charge in [0.2, 0.25) is 17.7 Å². The highest BCUT2D eigenvalue weighted by Crippen LogP contribution is 2.40. The Bertz CT molecular complexity index is 1980. The van der Waals surface area contributed by atoms with Crippen molar-refractivity contribution in [2.75, 3.05) is 19.7 Å². The van der Waals surface area contributed by atoms with E-state index in [-0.39, 0.29) is 60.6 Å². The van der Waals surface area contributed by atoms with Crippen LogP contribution in [0.15, 0.2) is 54.7 Å². The Kier molecular flexibility index (Phi) is 18.9. The lowest BCUT2D eigenvalue weighted by Crippen LogP contribution is -2.47. The highest BCUT2D eigenvalue weighted by atomic mass is 19.1. The maximum Gasteiger partial charge on any atom is 0.307 e. The number of benzene rings is 2. The van der Waals surface area contributed by atoms with Gasteiger partial charge in [-0.25, -0.2) is 13.8 Å². The fourth-order valence-corrected chi connectivity index (χ4v) is 7.33. The van der Waals surface area contributed by atoms with Crippen LogP contribution in [-0.2, 0) is 35.3 Å². The molecular formula is C45H62F2N6O8. The lowest BCUT2D eigenvalue weighted by Gasteiger charge is -2.40. The van der Waals surface area contributed by atoms with Gasteiger partial charge in [0, 0.05) is 50.5 Å². The maximum absolute atomic E-state index is 15.1. The summed E-state index contributed by atoms with van der Waals surface area (Å²) in [5, 5.41) is 25.8. The van der Waals surface area contributed by atoms with Crippen LogP contribution in [0.5, 0.6) is 0 Å². The molecule has 2 aromatic carbocycles. The van der Waals surface area contributed by atoms with E-state index >= 15 is 4.39 Å². The minimum absolute atomic E-state index is 0.0951. The zero-order valence-electron chi connectivity index (χ0n) is 36.3. The minimum Gasteiger partial charge on any atom is -0.481 e. The Morgan fingerprint density at radius 1 is 0.918 bits per heavy atom. The first-order chi connectivity index (χ1) is 28.7. The summed E-state index contributed by atoms with van der Waals surface area (Å²) in [5.41, 5.74) is 5.59. The molecule has 0 saturated heterocycles. The monoisotopic (exact) mass is 852 g/mol. The molecular weight excluding hydrogens is 791 g/mol. The summed E-state index contributed by atoms with van der Waals surface area (Å²) in [7, 11) is 0. The fourth-order valence-electron chi connectivity index (χ4n) is 7.33. The van der Waals surface area contributed by atoms with Crippen molar-refractivity contribution >= 4 is 35.3 Å². The van der Waals surface area contributed by atoms with E-state index in [1.54, 1.807) is 24.6 Å². The predicted molar refractivity (Wildman–Crippen MR) is 226 cm³/mol. The number of halogens is 2. The second kappa shape index (κ2) is 23.0. The van der Waals surface area contributed by atoms with Crippen molar-refractivity contribution in [1.29, 1.82) is 0 Å². The summed E-state index contributed by atoms with van der Waals surface area (Å²) in [4.78, 5) is 84.5. The summed E-state index contributed by atoms with van der Waals surface area (Å²) in [6, 6.07) is 9.37. The van der Waals surface area contributed by atoms with Gasteiger partial charge in [0.25, 0.3) is 0 Å². The van der Waals surface area contributed by atoms with E-state index in [2.05, 4.69) is 10.6 Å². The van der Waals surface area contributed by atoms with Gasteiger partial charge < -0.3 is 36.0 Å². The van der Waals surface area contributed by atoms with Crippen LogP contribution in [0.3, 0.4) is 0 Å². The first kappa shape index (κ1) is 50.0. The topological polar surface area (TPSA) is 214 Å². The van der Waals surface area contributed by atoms with Crippen LogP contribution in [0.25, 0.3) is 11.3 Å². The van der Waals surface area contributed by atoms with Crippen molar-refractivity contribution in [3.8, 4) is 11.3 Å². The van der Waals surface area contributed by atoms with Crippen LogP contribution in [0, 0.1) is 34.8 Å². The molecule has 3 rings (SSSR count). The van der Waals surface area contributed by atoms with E-state index in [4.69, 9.17) is 10.7 Å². The maximum atomic E-state index is 15.1. The number of rotatable bonds is 24. The van der Waals surface area contributed by atoms with E-state index in [1.807, 2.05) is 51.1 Å². The smallest absolute Gasteiger partial charge is 0.307 e. The third-order valence-electron chi connectivity index (χ3n) is 10.7. The number of carbonyl (C=O) groups excluding carboxylic acids is 5. The van der Waals surface area contributed by atoms with Crippen LogP contribution >= 0.6 is 0 Å². The second-order valence-electron chi connectivity index (χ2n) is 17.0. The molecule has 334 valence electrons. The molecule has 1 aromatic heterocycles. The lowest BCUT2D eigenvalue weighted by molar-refractivity contribution is -0.146. The number of carboxylic acid groups (broad SMARTS) is 1. The summed E-state index contributed by atoms with van der Waals surface area (Å²) in [6.45, 7) is 11.2. The van der Waals surface area contributed by atoms with Crippen LogP contribution in [-0.4, -0.2) is 91.7 Å². The average molecular weight is 853 g/mol. The number of hydrogen-bond donors (Lipinski definition) is 5. The largest absolute Gasteiger partial charge is 0.481 e. The SMILES string of the molecule is CC(=O)N[C@@H](CCCCN)C(=O)C[C@H](C(=O)N[C@@H](C)C(=O)C[C@@H](CCN(C(=O)CO)[C@@H](c1nc(-c2cc(F)ccc2F)cn1Cc1ccccc1)C(C)(C)C)C(=O)O)C(C)C. The molecule has 0 aliphatic rings. The summed E-state index contributed by atoms with van der Waals surface area (Å²) < 4.78 is 31.2. The molecule has 1 heterocycles. The number of amides is 3. The minimum atomic E-state index is -1.32. The molecule has 0 fully saturated rings. The van der Waals surface area contributed by atoms with Crippen molar-refractivity contribution in [2.45, 2.75) is 112 Å². The van der Waals surface area contributed by atoms with Crippen molar-refractivity contribution < 1.29 is 47.8 Å². The average Bonchev–Trinajstić information content (AvgIpc) is 3.59. The third-order valence-corrected chi connectivity index (χ3v) is 10.7. The quantitative estimate of drug-likeness (QED) is 0.0743. The van der Waals surface area contributed by atoms with Crippen molar-refractivity contribution in [3.63, 3.8) is 0 Å². The number of hydrogen-bond acceptors (Lipinski definition) is 9. The number of ketones is 2. The van der Waals surface area contributed by atoms with Gasteiger partial charge in [-0.2, -0.15) is 0 Å². The molecule has 5 atom stereocenters. The number of nitrogens with zero attached hydrogens (tertiary/aromatic N) is 3. The number of carboxylic acids is 1. The number of imidazole rings is 1. The van der Waals surface area contributed by atoms with Gasteiger partial charge in [0.05, 0.1) is 29.7 Å². The Hall–Kier alpha value is -5.35. The molecule has 0 unspecified atom stereocenters. The van der Waals surface area contributed by atoms with Crippen LogP contribution < -0.4 is 16.4 Å². The lowest BCUT2D eigenvalue weighted by atomic mass is 9.84. The molecule has 0 spiro atoms. The summed E-state index contributed by atoms with van der Waals surface area (Å²) in [5.74, 6) is -7.58. The Morgan fingerprint density at radius 2 is 1.59 bits per heavy atom. The van der Waals surface area contributed by atoms with Crippen LogP contribution in [0.4, 0.5) is 8.78 Å². The van der Waals surface area contributed by atoms with Crippen molar-refractivity contribution in [2.24, 2.45) is 28.9 Å². The molecule has 14 nitrogen and oxygen atoms in total. The summed E-state index contributed by atoms with van der Waals surface area (Å²) >= 11 is 0. The van der Waals surface area contributed by atoms with Crippen molar-refractivity contribution in [3.05, 3.63) is 77.8 Å². The van der Waals surface area contributed by atoms with Crippen molar-refractivity contribution in [1.82, 2.24) is 25.1 Å². The van der Waals surface area contributed by atoms with Crippen LogP contribution in [0.1, 0.15) is 104 Å². The number of nitrogens with one attached hydrogen (secondary N) is 2. The van der Waals surface area contributed by atoms with E-state index in [1.165, 1.54) is 18.7 Å². The highest BCUT2D eigenvalue weighted by molar-refractivity contribution is 5.95. The standard InChI is InChI=1S/C45H62F2N6O8/c1-27(2)33(23-39(57)36(50-29(4)55)15-11-12-19-48)43(59)49-28(3)38(56)21-31(44(60)61)18-20-53(40(58)26-54)41(45(5,6)7)42-51-37(34-22-32(46)16-17-35(34)47)25-52(42)24-30-13-9-8-10-14-30/h8-10,13-14,16-17,22,25,27-28,31,33,36,41,54H,11-12,15,18-21,23-24,26,48H2,1-7H3,(H,49,59)(H,50,55)(H,60,61)/t28-,31+,33-,36-,41-/m0/s1. The van der Waals surface area contributed by atoms with E-state index in [9.17, 15) is 43.4 Å². The number of Topliss-reactive ketones (excluding diaryl/α,β-unsaturated/α-hetero) is 2. The zero-order chi connectivity index (χ0) is 45.6. The van der Waals surface area contributed by atoms with E-state index < -0.39 is 83.6 Å². The Labute approximate surface area is 356 Å². The predicted octanol–water partition coefficient (Wildman–Crippen LogP) is 5.20. The van der Waals surface area contributed by atoms with Gasteiger partial charge in [-0.05, 0) is 74.2 Å². The van der Waals surface area contributed by atoms with E-state index in [0.29, 0.717) is 25.8 Å². The normalized spacial score (nSPS) is 14.1. The molecule has 0 radical (unpaired) electrons. The van der Waals surface area contributed by atoms with Gasteiger partial charge in [-0.1, -0.05) is 65.0 Å². The number of unbranched alkanes of at least 4 members (excludes halogenated alkanes) is 1. The molecule has 61 heavy (non-hydrogen) atoms. The number of aliphatic hydroxyl groups excluding tert-OH is 1. The number of nitrogens with two attached hydrogens (primary N) is 1. The molecule has 0 aliphatic heterocycles. The molecule has 6 N–H and O–H groups in total. The molecule has 3 aromatic rings. The molecule has 0 saturated carbocycles. The van der Waals surface area contributed by atoms with Gasteiger partial charge in [-0.15, -0.1) is 0 Å². The number of aliphatic carboxylic acids is 1. The van der Waals surface area contributed by atoms with Gasteiger partial charge in [0.1, 0.15) is 24.1 Å². The summed E-state index contributed by atoms with van der Waals surface area (Å²) in [6.07, 6.45) is 2.23. The second-order valence-corrected chi connectivity index (χ2v) is 17.0. The van der Waals surface area contributed by atoms with Gasteiger partial charge in [0.15, 0.2) is 11.6 Å². The zero-order valence-corrected chi connectivity index (χ0v) is 36.3. The number of aliphatic hydroxyl groups is 1. The number of carbonyl (C=O) groups is 6. The fraction of sp³-hybridized carbons (Fsp3) is 0.533. The Morgan fingerprint density at radius 3 is 2.16 bits per heavy atom. The molecule has 0 aliphatic carbocycles. The third kappa shape index (κ3) is 14.7. The first-order valence-electron chi connectivity index (χ1n) is 20.7. The molecule has 16 heteroatoms. The van der Waals surface area contributed by atoms with Gasteiger partial charge in [-0.3, -0.25) is 28.8 Å². The van der Waals surface area contributed by atoms with Gasteiger partial charge >= 0.3 is 5.97 Å². The molecule has 3 amide bonds. The first-order valence-corrected chi connectivity index (χ1v) is 20.7. The van der Waals surface area contributed by atoms with Crippen LogP contribution in [0.2, 0.25) is 0 Å². The Balaban J connectivity index is 1.88. The molecule has 0 bridgehead atoms. The highest BCUT2D eigenvalue weighted by Gasteiger charge is 2.39.